The van der Waals surface area contributed by atoms with Crippen molar-refractivity contribution < 1.29 is 0 Å². The van der Waals surface area contributed by atoms with Gasteiger partial charge in [-0.05, 0) is 64.3 Å². The van der Waals surface area contributed by atoms with Crippen molar-refractivity contribution in [3.05, 3.63) is 101 Å². The van der Waals surface area contributed by atoms with Gasteiger partial charge in [0, 0.05) is 5.92 Å². The zero-order valence-electron chi connectivity index (χ0n) is 13.6. The van der Waals surface area contributed by atoms with E-state index in [1.54, 1.807) is 11.1 Å². The Morgan fingerprint density at radius 3 is 2.62 bits per heavy atom. The second kappa shape index (κ2) is 5.49. The van der Waals surface area contributed by atoms with E-state index in [1.165, 1.54) is 34.2 Å². The van der Waals surface area contributed by atoms with E-state index in [4.69, 9.17) is 0 Å². The van der Waals surface area contributed by atoms with Gasteiger partial charge in [0.1, 0.15) is 0 Å². The van der Waals surface area contributed by atoms with Crippen LogP contribution in [0.5, 0.6) is 0 Å². The predicted octanol–water partition coefficient (Wildman–Crippen LogP) is 5.80. The molecular weight excluding hydrogens is 288 g/mol. The van der Waals surface area contributed by atoms with Crippen LogP contribution in [-0.4, -0.2) is 0 Å². The smallest absolute Gasteiger partial charge is 0.0136 e. The average Bonchev–Trinajstić information content (AvgIpc) is 2.67. The quantitative estimate of drug-likeness (QED) is 0.533. The van der Waals surface area contributed by atoms with Crippen molar-refractivity contribution in [3.63, 3.8) is 0 Å². The molecule has 5 rings (SSSR count). The molecule has 1 unspecified atom stereocenters. The van der Waals surface area contributed by atoms with E-state index in [1.807, 2.05) is 12.1 Å². The summed E-state index contributed by atoms with van der Waals surface area (Å²) in [6.45, 7) is 0. The molecule has 0 heterocycles. The third-order valence-electron chi connectivity index (χ3n) is 5.51. The van der Waals surface area contributed by atoms with Gasteiger partial charge in [0.25, 0.3) is 0 Å². The lowest BCUT2D eigenvalue weighted by Gasteiger charge is -2.31. The van der Waals surface area contributed by atoms with Crippen LogP contribution >= 0.6 is 0 Å². The summed E-state index contributed by atoms with van der Waals surface area (Å²) >= 11 is 0. The Bertz CT molecular complexity index is 932. The SMILES string of the molecule is [c]1ccc(C2Cc3c(ccc4c3CCC=C4)-c3ccccc32)cc1. The van der Waals surface area contributed by atoms with Crippen LogP contribution in [0.2, 0.25) is 0 Å². The Hall–Kier alpha value is -2.60. The molecule has 2 aliphatic carbocycles. The fraction of sp³-hybridized carbons (Fsp3) is 0.167. The third-order valence-corrected chi connectivity index (χ3v) is 5.51. The molecule has 0 aliphatic heterocycles. The maximum Gasteiger partial charge on any atom is 0.0136 e. The molecule has 1 radical (unpaired) electrons. The molecular formula is C24H19. The number of fused-ring (bicyclic) bond motifs is 5. The van der Waals surface area contributed by atoms with Crippen molar-refractivity contribution in [2.45, 2.75) is 25.2 Å². The Kier molecular flexibility index (Phi) is 3.16. The molecule has 115 valence electrons. The molecule has 24 heavy (non-hydrogen) atoms. The zero-order chi connectivity index (χ0) is 15.9. The van der Waals surface area contributed by atoms with E-state index in [9.17, 15) is 0 Å². The molecule has 0 spiro atoms. The summed E-state index contributed by atoms with van der Waals surface area (Å²) in [6.07, 6.45) is 8.04. The van der Waals surface area contributed by atoms with Gasteiger partial charge in [-0.25, -0.2) is 0 Å². The minimum atomic E-state index is 0.445. The van der Waals surface area contributed by atoms with Crippen LogP contribution in [0.1, 0.15) is 40.2 Å². The number of hydrogen-bond donors (Lipinski definition) is 0. The summed E-state index contributed by atoms with van der Waals surface area (Å²) in [5.74, 6) is 0.445. The number of hydrogen-bond acceptors (Lipinski definition) is 0. The average molecular weight is 307 g/mol. The lowest BCUT2D eigenvalue weighted by atomic mass is 9.73. The highest BCUT2D eigenvalue weighted by atomic mass is 14.3. The van der Waals surface area contributed by atoms with Gasteiger partial charge in [-0.2, -0.15) is 0 Å². The normalized spacial score (nSPS) is 17.8. The molecule has 3 aromatic carbocycles. The van der Waals surface area contributed by atoms with Crippen molar-refractivity contribution in [2.24, 2.45) is 0 Å². The summed E-state index contributed by atoms with van der Waals surface area (Å²) in [4.78, 5) is 0. The minimum Gasteiger partial charge on any atom is -0.0836 e. The third kappa shape index (κ3) is 2.06. The van der Waals surface area contributed by atoms with Crippen LogP contribution in [0.4, 0.5) is 0 Å². The van der Waals surface area contributed by atoms with E-state index >= 15 is 0 Å². The van der Waals surface area contributed by atoms with E-state index < -0.39 is 0 Å². The fourth-order valence-electron chi connectivity index (χ4n) is 4.38. The summed E-state index contributed by atoms with van der Waals surface area (Å²) in [5.41, 5.74) is 10.3. The van der Waals surface area contributed by atoms with Gasteiger partial charge >= 0.3 is 0 Å². The highest BCUT2D eigenvalue weighted by molar-refractivity contribution is 5.78. The van der Waals surface area contributed by atoms with Gasteiger partial charge in [0.15, 0.2) is 0 Å². The maximum absolute atomic E-state index is 3.16. The molecule has 3 aromatic rings. The van der Waals surface area contributed by atoms with E-state index in [0.29, 0.717) is 5.92 Å². The lowest BCUT2D eigenvalue weighted by molar-refractivity contribution is 0.778. The van der Waals surface area contributed by atoms with E-state index in [2.05, 4.69) is 66.7 Å². The van der Waals surface area contributed by atoms with Gasteiger partial charge in [0.2, 0.25) is 0 Å². The first-order valence-electron chi connectivity index (χ1n) is 8.78. The molecule has 0 saturated carbocycles. The first kappa shape index (κ1) is 13.8. The monoisotopic (exact) mass is 307 g/mol. The van der Waals surface area contributed by atoms with Crippen LogP contribution in [0, 0.1) is 6.07 Å². The lowest BCUT2D eigenvalue weighted by Crippen LogP contribution is -2.15. The highest BCUT2D eigenvalue weighted by Crippen LogP contribution is 2.45. The number of allylic oxidation sites excluding steroid dienone is 1. The molecule has 2 aliphatic rings. The fourth-order valence-corrected chi connectivity index (χ4v) is 4.38. The maximum atomic E-state index is 3.16. The second-order valence-electron chi connectivity index (χ2n) is 6.78. The number of benzene rings is 3. The van der Waals surface area contributed by atoms with Gasteiger partial charge in [-0.15, -0.1) is 0 Å². The molecule has 0 fully saturated rings. The van der Waals surface area contributed by atoms with Gasteiger partial charge in [-0.1, -0.05) is 72.8 Å². The second-order valence-corrected chi connectivity index (χ2v) is 6.78. The van der Waals surface area contributed by atoms with Gasteiger partial charge in [-0.3, -0.25) is 0 Å². The summed E-state index contributed by atoms with van der Waals surface area (Å²) in [7, 11) is 0. The van der Waals surface area contributed by atoms with Crippen molar-refractivity contribution >= 4 is 6.08 Å². The van der Waals surface area contributed by atoms with E-state index in [0.717, 1.165) is 12.8 Å². The molecule has 0 amide bonds. The standard InChI is InChI=1S/C24H19/c1-2-8-17(9-3-1)23-16-24-19-11-5-4-10-18(19)14-15-22(24)20-12-6-7-13-21(20)23/h2-4,6-10,12-15,23H,5,11,16H2. The van der Waals surface area contributed by atoms with Crippen LogP contribution in [-0.2, 0) is 12.8 Å². The topological polar surface area (TPSA) is 0 Å². The van der Waals surface area contributed by atoms with E-state index in [-0.39, 0.29) is 0 Å². The summed E-state index contributed by atoms with van der Waals surface area (Å²) in [6, 6.07) is 25.3. The first-order chi connectivity index (χ1) is 11.9. The first-order valence-corrected chi connectivity index (χ1v) is 8.78. The Morgan fingerprint density at radius 1 is 0.833 bits per heavy atom. The van der Waals surface area contributed by atoms with Crippen molar-refractivity contribution in [2.75, 3.05) is 0 Å². The highest BCUT2D eigenvalue weighted by Gasteiger charge is 2.28. The Balaban J connectivity index is 1.76. The number of rotatable bonds is 1. The molecule has 0 aromatic heterocycles. The summed E-state index contributed by atoms with van der Waals surface area (Å²) < 4.78 is 0. The van der Waals surface area contributed by atoms with Crippen molar-refractivity contribution in [1.82, 2.24) is 0 Å². The predicted molar refractivity (Wildman–Crippen MR) is 100 cm³/mol. The zero-order valence-corrected chi connectivity index (χ0v) is 13.6. The van der Waals surface area contributed by atoms with Crippen LogP contribution < -0.4 is 0 Å². The molecule has 0 bridgehead atoms. The molecule has 0 N–H and O–H groups in total. The van der Waals surface area contributed by atoms with Crippen LogP contribution in [0.15, 0.2) is 66.7 Å². The Morgan fingerprint density at radius 2 is 1.71 bits per heavy atom. The van der Waals surface area contributed by atoms with Gasteiger partial charge < -0.3 is 0 Å². The van der Waals surface area contributed by atoms with Crippen molar-refractivity contribution in [3.8, 4) is 11.1 Å². The summed E-state index contributed by atoms with van der Waals surface area (Å²) in [5, 5.41) is 0. The minimum absolute atomic E-state index is 0.445. The van der Waals surface area contributed by atoms with Crippen LogP contribution in [0.25, 0.3) is 17.2 Å². The Labute approximate surface area is 143 Å². The molecule has 0 heteroatoms. The van der Waals surface area contributed by atoms with Crippen molar-refractivity contribution in [1.29, 1.82) is 0 Å². The van der Waals surface area contributed by atoms with Crippen LogP contribution in [0.3, 0.4) is 0 Å². The molecule has 0 saturated heterocycles. The molecule has 1 atom stereocenters. The molecule has 0 nitrogen and oxygen atoms in total. The largest absolute Gasteiger partial charge is 0.0836 e. The van der Waals surface area contributed by atoms with Gasteiger partial charge in [0.05, 0.1) is 0 Å².